The Morgan fingerprint density at radius 2 is 1.84 bits per heavy atom. The van der Waals surface area contributed by atoms with Crippen LogP contribution in [0.5, 0.6) is 0 Å². The second kappa shape index (κ2) is 10.7. The molecule has 1 amide bonds. The predicted molar refractivity (Wildman–Crippen MR) is 152 cm³/mol. The molecule has 38 heavy (non-hydrogen) atoms. The third-order valence-electron chi connectivity index (χ3n) is 9.80. The number of nitrogens with one attached hydrogen (secondary N) is 1. The lowest BCUT2D eigenvalue weighted by Gasteiger charge is -2.42. The second-order valence-corrected chi connectivity index (χ2v) is 12.2. The molecule has 1 aromatic carbocycles. The maximum Gasteiger partial charge on any atom is 0.229 e. The number of aromatic amines is 1. The van der Waals surface area contributed by atoms with E-state index >= 15 is 0 Å². The van der Waals surface area contributed by atoms with Gasteiger partial charge in [0.1, 0.15) is 5.82 Å². The number of likely N-dealkylation sites (tertiary alicyclic amines) is 1. The third-order valence-corrected chi connectivity index (χ3v) is 9.80. The van der Waals surface area contributed by atoms with E-state index in [9.17, 15) is 4.79 Å². The van der Waals surface area contributed by atoms with Crippen LogP contribution >= 0.6 is 0 Å². The van der Waals surface area contributed by atoms with Gasteiger partial charge in [0, 0.05) is 44.1 Å². The number of rotatable bonds is 4. The molecule has 5 heteroatoms. The molecule has 2 aliphatic carbocycles. The van der Waals surface area contributed by atoms with Crippen molar-refractivity contribution in [2.45, 2.75) is 77.2 Å². The normalized spacial score (nSPS) is 26.7. The monoisotopic (exact) mass is 510 g/mol. The minimum atomic E-state index is -0.0235. The van der Waals surface area contributed by atoms with Crippen LogP contribution in [0, 0.1) is 29.6 Å². The van der Waals surface area contributed by atoms with E-state index in [1.807, 2.05) is 6.92 Å². The molecule has 0 spiro atoms. The molecule has 3 unspecified atom stereocenters. The summed E-state index contributed by atoms with van der Waals surface area (Å²) in [5.41, 5.74) is 6.27. The number of aromatic nitrogens is 2. The first-order chi connectivity index (χ1) is 18.5. The van der Waals surface area contributed by atoms with Crippen molar-refractivity contribution in [2.24, 2.45) is 17.8 Å². The lowest BCUT2D eigenvalue weighted by Crippen LogP contribution is -2.44. The van der Waals surface area contributed by atoms with Gasteiger partial charge in [-0.15, -0.1) is 5.92 Å². The Hall–Kier alpha value is -2.84. The Kier molecular flexibility index (Phi) is 7.18. The summed E-state index contributed by atoms with van der Waals surface area (Å²) in [6, 6.07) is 8.70. The fourth-order valence-electron chi connectivity index (χ4n) is 7.27. The molecule has 3 heterocycles. The molecule has 1 N–H and O–H groups in total. The summed E-state index contributed by atoms with van der Waals surface area (Å²) in [6.07, 6.45) is 10.4. The maximum atomic E-state index is 13.9. The van der Waals surface area contributed by atoms with E-state index < -0.39 is 0 Å². The van der Waals surface area contributed by atoms with Crippen molar-refractivity contribution in [3.05, 3.63) is 64.3 Å². The number of hydrogen-bond acceptors (Lipinski definition) is 3. The lowest BCUT2D eigenvalue weighted by atomic mass is 9.64. The van der Waals surface area contributed by atoms with E-state index in [1.54, 1.807) is 0 Å². The van der Waals surface area contributed by atoms with Crippen molar-refractivity contribution in [3.8, 4) is 11.8 Å². The number of imidazole rings is 1. The topological polar surface area (TPSA) is 52.2 Å². The van der Waals surface area contributed by atoms with Crippen molar-refractivity contribution in [1.82, 2.24) is 19.8 Å². The zero-order valence-electron chi connectivity index (χ0n) is 23.3. The fourth-order valence-corrected chi connectivity index (χ4v) is 7.27. The number of hydrogen-bond donors (Lipinski definition) is 1. The Balaban J connectivity index is 1.16. The van der Waals surface area contributed by atoms with Crippen LogP contribution in [-0.2, 0) is 17.8 Å². The van der Waals surface area contributed by atoms with Crippen LogP contribution in [0.4, 0.5) is 0 Å². The number of nitrogens with zero attached hydrogens (tertiary/aromatic N) is 3. The van der Waals surface area contributed by atoms with Gasteiger partial charge in [-0.05, 0) is 88.4 Å². The van der Waals surface area contributed by atoms with E-state index in [4.69, 9.17) is 4.98 Å². The molecule has 1 saturated carbocycles. The van der Waals surface area contributed by atoms with Gasteiger partial charge in [0.25, 0.3) is 0 Å². The number of likely N-dealkylation sites (N-methyl/N-ethyl adjacent to an activating group) is 1. The molecule has 0 radical (unpaired) electrons. The molecular weight excluding hydrogens is 468 g/mol. The summed E-state index contributed by atoms with van der Waals surface area (Å²) >= 11 is 0. The van der Waals surface area contributed by atoms with Gasteiger partial charge in [-0.3, -0.25) is 4.79 Å². The summed E-state index contributed by atoms with van der Waals surface area (Å²) in [5.74, 6) is 9.63. The highest BCUT2D eigenvalue weighted by molar-refractivity contribution is 5.82. The first-order valence-electron chi connectivity index (χ1n) is 14.8. The van der Waals surface area contributed by atoms with Gasteiger partial charge in [0.15, 0.2) is 0 Å². The highest BCUT2D eigenvalue weighted by atomic mass is 16.2. The van der Waals surface area contributed by atoms with E-state index in [0.717, 1.165) is 69.2 Å². The van der Waals surface area contributed by atoms with Crippen LogP contribution in [-0.4, -0.2) is 52.4 Å². The largest absolute Gasteiger partial charge is 0.344 e. The van der Waals surface area contributed by atoms with Crippen LogP contribution in [0.3, 0.4) is 0 Å². The molecule has 2 aliphatic heterocycles. The van der Waals surface area contributed by atoms with Crippen LogP contribution in [0.2, 0.25) is 0 Å². The molecule has 3 atom stereocenters. The van der Waals surface area contributed by atoms with Crippen LogP contribution < -0.4 is 0 Å². The highest BCUT2D eigenvalue weighted by Crippen LogP contribution is 2.48. The molecule has 1 saturated heterocycles. The molecule has 1 aromatic heterocycles. The van der Waals surface area contributed by atoms with Crippen LogP contribution in [0.15, 0.2) is 35.9 Å². The Bertz CT molecular complexity index is 1250. The van der Waals surface area contributed by atoms with Crippen LogP contribution in [0.1, 0.15) is 92.5 Å². The predicted octanol–water partition coefficient (Wildman–Crippen LogP) is 5.64. The molecule has 200 valence electrons. The molecule has 0 bridgehead atoms. The molecule has 6 rings (SSSR count). The number of fused-ring (bicyclic) bond motifs is 1. The Morgan fingerprint density at radius 1 is 1.08 bits per heavy atom. The number of benzene rings is 1. The summed E-state index contributed by atoms with van der Waals surface area (Å²) in [4.78, 5) is 27.3. The van der Waals surface area contributed by atoms with Gasteiger partial charge in [0.2, 0.25) is 5.91 Å². The smallest absolute Gasteiger partial charge is 0.229 e. The molecule has 2 aromatic rings. The number of H-pyrrole nitrogens is 1. The van der Waals surface area contributed by atoms with E-state index in [-0.39, 0.29) is 5.92 Å². The van der Waals surface area contributed by atoms with E-state index in [2.05, 4.69) is 70.9 Å². The van der Waals surface area contributed by atoms with Crippen molar-refractivity contribution in [2.75, 3.05) is 26.7 Å². The molecule has 4 aliphatic rings. The summed E-state index contributed by atoms with van der Waals surface area (Å²) in [6.45, 7) is 7.80. The van der Waals surface area contributed by atoms with E-state index in [0.29, 0.717) is 23.7 Å². The Morgan fingerprint density at radius 3 is 2.53 bits per heavy atom. The molecule has 2 fully saturated rings. The van der Waals surface area contributed by atoms with Crippen molar-refractivity contribution < 1.29 is 4.79 Å². The summed E-state index contributed by atoms with van der Waals surface area (Å²) in [7, 11) is 2.18. The second-order valence-electron chi connectivity index (χ2n) is 12.2. The van der Waals surface area contributed by atoms with Crippen molar-refractivity contribution in [3.63, 3.8) is 0 Å². The van der Waals surface area contributed by atoms with Gasteiger partial charge in [-0.1, -0.05) is 36.1 Å². The summed E-state index contributed by atoms with van der Waals surface area (Å²) < 4.78 is 0. The minimum absolute atomic E-state index is 0.0235. The quantitative estimate of drug-likeness (QED) is 0.428. The summed E-state index contributed by atoms with van der Waals surface area (Å²) in [5, 5.41) is 0. The van der Waals surface area contributed by atoms with Crippen molar-refractivity contribution in [1.29, 1.82) is 0 Å². The number of allylic oxidation sites excluding steroid dienone is 1. The number of carbonyl (C=O) groups excluding carboxylic acids is 1. The first-order valence-corrected chi connectivity index (χ1v) is 14.8. The zero-order valence-corrected chi connectivity index (χ0v) is 23.3. The number of piperidine rings is 1. The first kappa shape index (κ1) is 25.4. The van der Waals surface area contributed by atoms with E-state index in [1.165, 1.54) is 41.8 Å². The third kappa shape index (κ3) is 4.96. The van der Waals surface area contributed by atoms with Gasteiger partial charge in [0.05, 0.1) is 17.3 Å². The van der Waals surface area contributed by atoms with Gasteiger partial charge >= 0.3 is 0 Å². The molecular formula is C33H42N4O. The lowest BCUT2D eigenvalue weighted by molar-refractivity contribution is -0.136. The number of carbonyl (C=O) groups is 1. The molecule has 5 nitrogen and oxygen atoms in total. The zero-order chi connectivity index (χ0) is 26.2. The standard InChI is InChI=1S/C33H42N4O/c1-4-6-23-9-11-24(12-10-23)25-13-17-37(18-14-25)33(38)27-20-29(28(19-22(27)2)26-7-5-8-26)32-34-30-15-16-36(3)21-31(30)35-32/h9-12,19,25-29H,5,7-8,13-18,20-21H2,1-3H3,(H,34,35). The Labute approximate surface area is 228 Å². The van der Waals surface area contributed by atoms with Crippen LogP contribution in [0.25, 0.3) is 0 Å². The highest BCUT2D eigenvalue weighted by Gasteiger charge is 2.42. The average Bonchev–Trinajstić information content (AvgIpc) is 3.31. The van der Waals surface area contributed by atoms with Gasteiger partial charge in [-0.2, -0.15) is 0 Å². The maximum absolute atomic E-state index is 13.9. The van der Waals surface area contributed by atoms with Gasteiger partial charge < -0.3 is 14.8 Å². The number of amides is 1. The average molecular weight is 511 g/mol. The fraction of sp³-hybridized carbons (Fsp3) is 0.576. The van der Waals surface area contributed by atoms with Crippen molar-refractivity contribution >= 4 is 5.91 Å². The minimum Gasteiger partial charge on any atom is -0.344 e. The SMILES string of the molecule is CC#Cc1ccc(C2CCN(C(=O)C3CC(c4nc5c([nH]4)CN(C)CC5)C(C4CCC4)C=C3C)CC2)cc1. The van der Waals surface area contributed by atoms with Gasteiger partial charge in [-0.25, -0.2) is 4.98 Å².